The average Bonchev–Trinajstić information content (AvgIpc) is 3.48. The molecule has 33 heavy (non-hydrogen) atoms. The summed E-state index contributed by atoms with van der Waals surface area (Å²) < 4.78 is 12.7. The van der Waals surface area contributed by atoms with Crippen molar-refractivity contribution < 1.29 is 13.9 Å². The molecule has 0 aliphatic rings. The number of nitrogens with one attached hydrogen (secondary N) is 1. The number of thioether (sulfide) groups is 1. The van der Waals surface area contributed by atoms with E-state index < -0.39 is 0 Å². The van der Waals surface area contributed by atoms with Crippen molar-refractivity contribution in [2.75, 3.05) is 7.11 Å². The molecule has 1 amide bonds. The van der Waals surface area contributed by atoms with E-state index in [1.54, 1.807) is 13.4 Å². The number of amides is 1. The van der Waals surface area contributed by atoms with E-state index in [0.717, 1.165) is 34.0 Å². The molecule has 4 rings (SSSR count). The van der Waals surface area contributed by atoms with E-state index in [0.29, 0.717) is 18.2 Å². The van der Waals surface area contributed by atoms with Gasteiger partial charge in [0.15, 0.2) is 11.0 Å². The number of hydrogen-bond donors (Lipinski definition) is 1. The van der Waals surface area contributed by atoms with Crippen molar-refractivity contribution in [3.8, 4) is 17.1 Å². The van der Waals surface area contributed by atoms with E-state index in [1.807, 2.05) is 73.0 Å². The van der Waals surface area contributed by atoms with Gasteiger partial charge in [-0.15, -0.1) is 10.2 Å². The fraction of sp³-hybridized carbons (Fsp3) is 0.240. The molecule has 4 aromatic rings. The Labute approximate surface area is 197 Å². The second-order valence-electron chi connectivity index (χ2n) is 7.67. The van der Waals surface area contributed by atoms with E-state index in [1.165, 1.54) is 11.8 Å². The van der Waals surface area contributed by atoms with Gasteiger partial charge in [-0.2, -0.15) is 0 Å². The summed E-state index contributed by atoms with van der Waals surface area (Å²) in [5.41, 5.74) is 3.11. The monoisotopic (exact) mass is 462 g/mol. The van der Waals surface area contributed by atoms with Crippen LogP contribution in [0.15, 0.2) is 76.5 Å². The maximum atomic E-state index is 12.8. The van der Waals surface area contributed by atoms with E-state index >= 15 is 0 Å². The number of aromatic nitrogens is 3. The fourth-order valence-electron chi connectivity index (χ4n) is 3.36. The highest BCUT2D eigenvalue weighted by Crippen LogP contribution is 2.28. The molecule has 2 heterocycles. The van der Waals surface area contributed by atoms with Crippen LogP contribution in [0, 0.1) is 6.92 Å². The maximum absolute atomic E-state index is 12.8. The van der Waals surface area contributed by atoms with Gasteiger partial charge in [-0.05, 0) is 49.7 Å². The van der Waals surface area contributed by atoms with Crippen molar-refractivity contribution in [1.29, 1.82) is 0 Å². The van der Waals surface area contributed by atoms with Crippen molar-refractivity contribution in [3.05, 3.63) is 83.8 Å². The summed E-state index contributed by atoms with van der Waals surface area (Å²) in [4.78, 5) is 12.8. The normalized spacial score (nSPS) is 11.8. The van der Waals surface area contributed by atoms with Crippen LogP contribution in [0.3, 0.4) is 0 Å². The first-order chi connectivity index (χ1) is 16.0. The lowest BCUT2D eigenvalue weighted by Gasteiger charge is -2.13. The number of ether oxygens (including phenoxy) is 1. The van der Waals surface area contributed by atoms with Gasteiger partial charge in [-0.1, -0.05) is 47.7 Å². The summed E-state index contributed by atoms with van der Waals surface area (Å²) in [5, 5.41) is 12.1. The van der Waals surface area contributed by atoms with Crippen molar-refractivity contribution in [2.45, 2.75) is 37.3 Å². The van der Waals surface area contributed by atoms with Gasteiger partial charge in [-0.25, -0.2) is 0 Å². The van der Waals surface area contributed by atoms with Crippen LogP contribution >= 0.6 is 11.8 Å². The minimum absolute atomic E-state index is 0.0690. The van der Waals surface area contributed by atoms with Crippen LogP contribution in [0.1, 0.15) is 23.8 Å². The van der Waals surface area contributed by atoms with Crippen molar-refractivity contribution >= 4 is 17.7 Å². The number of hydrogen-bond acceptors (Lipinski definition) is 6. The molecule has 0 spiro atoms. The zero-order valence-electron chi connectivity index (χ0n) is 18.8. The fourth-order valence-corrected chi connectivity index (χ4v) is 4.24. The van der Waals surface area contributed by atoms with Crippen LogP contribution in [0.5, 0.6) is 5.75 Å². The van der Waals surface area contributed by atoms with Gasteiger partial charge in [0.05, 0.1) is 25.2 Å². The molecule has 2 aromatic heterocycles. The summed E-state index contributed by atoms with van der Waals surface area (Å²) in [6.07, 6.45) is 1.65. The number of furan rings is 1. The number of methoxy groups -OCH3 is 1. The molecule has 0 bridgehead atoms. The van der Waals surface area contributed by atoms with Gasteiger partial charge in [0.2, 0.25) is 5.91 Å². The van der Waals surface area contributed by atoms with Crippen molar-refractivity contribution in [3.63, 3.8) is 0 Å². The van der Waals surface area contributed by atoms with E-state index in [9.17, 15) is 4.79 Å². The summed E-state index contributed by atoms with van der Waals surface area (Å²) in [7, 11) is 1.63. The highest BCUT2D eigenvalue weighted by molar-refractivity contribution is 8.00. The predicted molar refractivity (Wildman–Crippen MR) is 128 cm³/mol. The number of benzene rings is 2. The first-order valence-corrected chi connectivity index (χ1v) is 11.5. The number of carbonyl (C=O) groups excluding carboxylic acids is 1. The standard InChI is InChI=1S/C25H26N4O3S/c1-17-6-4-7-20(14-17)23-27-28-25(29(23)16-22-8-5-13-32-22)33-18(2)24(30)26-15-19-9-11-21(31-3)12-10-19/h4-14,18H,15-16H2,1-3H3,(H,26,30)/t18-/m1/s1. The summed E-state index contributed by atoms with van der Waals surface area (Å²) in [6.45, 7) is 4.83. The molecule has 0 unspecified atom stereocenters. The largest absolute Gasteiger partial charge is 0.497 e. The molecular weight excluding hydrogens is 436 g/mol. The van der Waals surface area contributed by atoms with Gasteiger partial charge in [0, 0.05) is 12.1 Å². The molecule has 7 nitrogen and oxygen atoms in total. The third kappa shape index (κ3) is 5.64. The van der Waals surface area contributed by atoms with Crippen LogP contribution < -0.4 is 10.1 Å². The second-order valence-corrected chi connectivity index (χ2v) is 8.98. The number of carbonyl (C=O) groups is 1. The van der Waals surface area contributed by atoms with Crippen LogP contribution in [-0.4, -0.2) is 33.0 Å². The molecular formula is C25H26N4O3S. The molecule has 1 atom stereocenters. The van der Waals surface area contributed by atoms with Crippen LogP contribution in [0.25, 0.3) is 11.4 Å². The van der Waals surface area contributed by atoms with Crippen LogP contribution in [-0.2, 0) is 17.9 Å². The maximum Gasteiger partial charge on any atom is 0.233 e. The lowest BCUT2D eigenvalue weighted by atomic mass is 10.1. The predicted octanol–water partition coefficient (Wildman–Crippen LogP) is 4.70. The second kappa shape index (κ2) is 10.4. The summed E-state index contributed by atoms with van der Waals surface area (Å²) >= 11 is 1.38. The molecule has 2 aromatic carbocycles. The molecule has 0 saturated heterocycles. The third-order valence-corrected chi connectivity index (χ3v) is 6.24. The highest BCUT2D eigenvalue weighted by Gasteiger charge is 2.21. The Morgan fingerprint density at radius 1 is 1.15 bits per heavy atom. The lowest BCUT2D eigenvalue weighted by Crippen LogP contribution is -2.30. The minimum atomic E-state index is -0.354. The zero-order chi connectivity index (χ0) is 23.2. The molecule has 1 N–H and O–H groups in total. The molecule has 8 heteroatoms. The zero-order valence-corrected chi connectivity index (χ0v) is 19.6. The number of rotatable bonds is 9. The van der Waals surface area contributed by atoms with Crippen LogP contribution in [0.4, 0.5) is 0 Å². The van der Waals surface area contributed by atoms with Crippen molar-refractivity contribution in [2.24, 2.45) is 0 Å². The molecule has 170 valence electrons. The topological polar surface area (TPSA) is 82.2 Å². The van der Waals surface area contributed by atoms with E-state index in [-0.39, 0.29) is 11.2 Å². The first-order valence-electron chi connectivity index (χ1n) is 10.6. The summed E-state index contributed by atoms with van der Waals surface area (Å²) in [5.74, 6) is 2.25. The van der Waals surface area contributed by atoms with E-state index in [2.05, 4.69) is 21.6 Å². The van der Waals surface area contributed by atoms with Crippen LogP contribution in [0.2, 0.25) is 0 Å². The van der Waals surface area contributed by atoms with Gasteiger partial charge in [-0.3, -0.25) is 9.36 Å². The Morgan fingerprint density at radius 2 is 1.97 bits per heavy atom. The van der Waals surface area contributed by atoms with Gasteiger partial charge in [0.25, 0.3) is 0 Å². The number of nitrogens with zero attached hydrogens (tertiary/aromatic N) is 3. The average molecular weight is 463 g/mol. The Bertz CT molecular complexity index is 1200. The quantitative estimate of drug-likeness (QED) is 0.363. The van der Waals surface area contributed by atoms with Crippen molar-refractivity contribution in [1.82, 2.24) is 20.1 Å². The number of aryl methyl sites for hydroxylation is 1. The molecule has 0 aliphatic heterocycles. The van der Waals surface area contributed by atoms with Gasteiger partial charge < -0.3 is 14.5 Å². The molecule has 0 fully saturated rings. The Balaban J connectivity index is 1.49. The minimum Gasteiger partial charge on any atom is -0.497 e. The smallest absolute Gasteiger partial charge is 0.233 e. The first kappa shape index (κ1) is 22.7. The highest BCUT2D eigenvalue weighted by atomic mass is 32.2. The summed E-state index contributed by atoms with van der Waals surface area (Å²) in [6, 6.07) is 19.5. The molecule has 0 aliphatic carbocycles. The lowest BCUT2D eigenvalue weighted by molar-refractivity contribution is -0.120. The SMILES string of the molecule is COc1ccc(CNC(=O)[C@@H](C)Sc2nnc(-c3cccc(C)c3)n2Cc2ccco2)cc1. The molecule has 0 radical (unpaired) electrons. The van der Waals surface area contributed by atoms with Gasteiger partial charge >= 0.3 is 0 Å². The third-order valence-electron chi connectivity index (χ3n) is 5.16. The van der Waals surface area contributed by atoms with E-state index in [4.69, 9.17) is 9.15 Å². The molecule has 0 saturated carbocycles. The Hall–Kier alpha value is -3.52. The Morgan fingerprint density at radius 3 is 2.67 bits per heavy atom. The Kier molecular flexibility index (Phi) is 7.14. The van der Waals surface area contributed by atoms with Gasteiger partial charge in [0.1, 0.15) is 11.5 Å².